The molecule has 2 rings (SSSR count). The van der Waals surface area contributed by atoms with Crippen LogP contribution in [0.3, 0.4) is 0 Å². The third-order valence-corrected chi connectivity index (χ3v) is 4.77. The van der Waals surface area contributed by atoms with Crippen molar-refractivity contribution in [2.24, 2.45) is 4.99 Å². The van der Waals surface area contributed by atoms with E-state index < -0.39 is 0 Å². The van der Waals surface area contributed by atoms with Gasteiger partial charge in [0.25, 0.3) is 5.91 Å². The van der Waals surface area contributed by atoms with Crippen molar-refractivity contribution in [3.05, 3.63) is 64.7 Å². The second kappa shape index (κ2) is 13.3. The Morgan fingerprint density at radius 2 is 1.94 bits per heavy atom. The number of benzene rings is 2. The number of guanidine groups is 1. The van der Waals surface area contributed by atoms with Crippen LogP contribution in [-0.2, 0) is 17.7 Å². The van der Waals surface area contributed by atoms with Gasteiger partial charge >= 0.3 is 0 Å². The highest BCUT2D eigenvalue weighted by molar-refractivity contribution is 5.94. The molecule has 2 aromatic rings. The van der Waals surface area contributed by atoms with E-state index in [4.69, 9.17) is 9.47 Å². The molecule has 7 nitrogen and oxygen atoms in total. The van der Waals surface area contributed by atoms with E-state index in [1.54, 1.807) is 21.2 Å². The highest BCUT2D eigenvalue weighted by atomic mass is 16.5. The number of hydrogen-bond donors (Lipinski definition) is 3. The van der Waals surface area contributed by atoms with Crippen LogP contribution in [0.2, 0.25) is 0 Å². The van der Waals surface area contributed by atoms with Crippen LogP contribution in [-0.4, -0.2) is 52.8 Å². The van der Waals surface area contributed by atoms with Gasteiger partial charge in [0.1, 0.15) is 5.75 Å². The molecular formula is C24H34N4O3. The normalized spacial score (nSPS) is 11.2. The van der Waals surface area contributed by atoms with Gasteiger partial charge in [-0.2, -0.15) is 0 Å². The number of nitrogens with one attached hydrogen (secondary N) is 3. The lowest BCUT2D eigenvalue weighted by Crippen LogP contribution is -2.38. The first kappa shape index (κ1) is 24.2. The lowest BCUT2D eigenvalue weighted by molar-refractivity contribution is 0.0963. The quantitative estimate of drug-likeness (QED) is 0.292. The Balaban J connectivity index is 1.86. The smallest absolute Gasteiger partial charge is 0.251 e. The summed E-state index contributed by atoms with van der Waals surface area (Å²) in [4.78, 5) is 16.1. The first-order valence-corrected chi connectivity index (χ1v) is 10.5. The molecular weight excluding hydrogens is 392 g/mol. The fraction of sp³-hybridized carbons (Fsp3) is 0.417. The van der Waals surface area contributed by atoms with E-state index in [9.17, 15) is 4.79 Å². The van der Waals surface area contributed by atoms with E-state index >= 15 is 0 Å². The van der Waals surface area contributed by atoms with Crippen molar-refractivity contribution in [3.63, 3.8) is 0 Å². The number of hydrogen-bond acceptors (Lipinski definition) is 4. The third-order valence-electron chi connectivity index (χ3n) is 4.77. The lowest BCUT2D eigenvalue weighted by Gasteiger charge is -2.15. The molecule has 0 atom stereocenters. The zero-order valence-electron chi connectivity index (χ0n) is 19.0. The van der Waals surface area contributed by atoms with Crippen molar-refractivity contribution in [2.45, 2.75) is 26.3 Å². The van der Waals surface area contributed by atoms with E-state index in [0.717, 1.165) is 35.3 Å². The van der Waals surface area contributed by atoms with E-state index in [1.165, 1.54) is 0 Å². The highest BCUT2D eigenvalue weighted by Crippen LogP contribution is 2.20. The predicted octanol–water partition coefficient (Wildman–Crippen LogP) is 2.68. The summed E-state index contributed by atoms with van der Waals surface area (Å²) in [6.07, 6.45) is 1.63. The summed E-state index contributed by atoms with van der Waals surface area (Å²) in [6.45, 7) is 4.66. The van der Waals surface area contributed by atoms with Crippen LogP contribution in [0.25, 0.3) is 0 Å². The van der Waals surface area contributed by atoms with Gasteiger partial charge in [-0.1, -0.05) is 24.3 Å². The topological polar surface area (TPSA) is 84.0 Å². The van der Waals surface area contributed by atoms with Crippen molar-refractivity contribution in [2.75, 3.05) is 41.0 Å². The molecule has 0 aliphatic heterocycles. The third kappa shape index (κ3) is 8.30. The van der Waals surface area contributed by atoms with Crippen LogP contribution < -0.4 is 20.7 Å². The van der Waals surface area contributed by atoms with Crippen LogP contribution in [0.5, 0.6) is 5.75 Å². The molecule has 31 heavy (non-hydrogen) atoms. The monoisotopic (exact) mass is 426 g/mol. The number of carbonyl (C=O) groups is 1. The van der Waals surface area contributed by atoms with Crippen LogP contribution in [0, 0.1) is 6.92 Å². The first-order chi connectivity index (χ1) is 15.1. The summed E-state index contributed by atoms with van der Waals surface area (Å²) in [5.41, 5.74) is 3.99. The molecule has 7 heteroatoms. The standard InChI is InChI=1S/C24H34N4O3/c1-18-9-10-21(22(15-18)31-14-6-13-30-4)17-28-24(26-3)27-12-11-19-7-5-8-20(16-19)23(29)25-2/h5,7-10,15-16H,6,11-14,17H2,1-4H3,(H,25,29)(H2,26,27,28). The zero-order valence-corrected chi connectivity index (χ0v) is 19.0. The van der Waals surface area contributed by atoms with Gasteiger partial charge in [0.2, 0.25) is 0 Å². The van der Waals surface area contributed by atoms with Crippen LogP contribution >= 0.6 is 0 Å². The van der Waals surface area contributed by atoms with E-state index in [2.05, 4.69) is 46.1 Å². The Morgan fingerprint density at radius 3 is 2.68 bits per heavy atom. The highest BCUT2D eigenvalue weighted by Gasteiger charge is 2.07. The van der Waals surface area contributed by atoms with E-state index in [1.807, 2.05) is 24.3 Å². The summed E-state index contributed by atoms with van der Waals surface area (Å²) < 4.78 is 11.0. The number of rotatable bonds is 11. The van der Waals surface area contributed by atoms with Gasteiger partial charge in [-0.05, 0) is 42.7 Å². The lowest BCUT2D eigenvalue weighted by atomic mass is 10.1. The molecule has 0 aromatic heterocycles. The van der Waals surface area contributed by atoms with Crippen molar-refractivity contribution in [1.82, 2.24) is 16.0 Å². The molecule has 0 bridgehead atoms. The van der Waals surface area contributed by atoms with Crippen LogP contribution in [0.4, 0.5) is 0 Å². The Labute approximate surface area is 185 Å². The van der Waals surface area contributed by atoms with Crippen LogP contribution in [0.1, 0.15) is 33.5 Å². The maximum absolute atomic E-state index is 11.8. The molecule has 0 unspecified atom stereocenters. The Bertz CT molecular complexity index is 868. The molecule has 168 valence electrons. The number of amides is 1. The predicted molar refractivity (Wildman–Crippen MR) is 125 cm³/mol. The number of carbonyl (C=O) groups excluding carboxylic acids is 1. The number of ether oxygens (including phenoxy) is 2. The average molecular weight is 427 g/mol. The van der Waals surface area contributed by atoms with Gasteiger partial charge in [0.15, 0.2) is 5.96 Å². The fourth-order valence-corrected chi connectivity index (χ4v) is 3.06. The number of aliphatic imine (C=N–C) groups is 1. The zero-order chi connectivity index (χ0) is 22.5. The van der Waals surface area contributed by atoms with Gasteiger partial charge in [-0.3, -0.25) is 9.79 Å². The molecule has 0 saturated heterocycles. The van der Waals surface area contributed by atoms with Gasteiger partial charge in [-0.25, -0.2) is 0 Å². The van der Waals surface area contributed by atoms with Crippen molar-refractivity contribution >= 4 is 11.9 Å². The fourth-order valence-electron chi connectivity index (χ4n) is 3.06. The molecule has 0 aliphatic rings. The van der Waals surface area contributed by atoms with Gasteiger partial charge in [-0.15, -0.1) is 0 Å². The van der Waals surface area contributed by atoms with Crippen LogP contribution in [0.15, 0.2) is 47.5 Å². The number of aryl methyl sites for hydroxylation is 1. The molecule has 0 heterocycles. The Hall–Kier alpha value is -3.06. The molecule has 0 aliphatic carbocycles. The summed E-state index contributed by atoms with van der Waals surface area (Å²) in [5, 5.41) is 9.32. The average Bonchev–Trinajstić information content (AvgIpc) is 2.79. The minimum Gasteiger partial charge on any atom is -0.493 e. The molecule has 0 fully saturated rings. The maximum Gasteiger partial charge on any atom is 0.251 e. The molecule has 0 saturated carbocycles. The minimum absolute atomic E-state index is 0.0781. The van der Waals surface area contributed by atoms with Crippen molar-refractivity contribution in [3.8, 4) is 5.75 Å². The van der Waals surface area contributed by atoms with Gasteiger partial charge in [0, 0.05) is 58.4 Å². The molecule has 0 spiro atoms. The number of nitrogens with zero attached hydrogens (tertiary/aromatic N) is 1. The summed E-state index contributed by atoms with van der Waals surface area (Å²) in [5.74, 6) is 1.52. The largest absolute Gasteiger partial charge is 0.493 e. The maximum atomic E-state index is 11.8. The second-order valence-electron chi connectivity index (χ2n) is 7.19. The summed E-state index contributed by atoms with van der Waals surface area (Å²) in [6, 6.07) is 13.9. The molecule has 2 aromatic carbocycles. The Morgan fingerprint density at radius 1 is 1.10 bits per heavy atom. The van der Waals surface area contributed by atoms with Crippen molar-refractivity contribution in [1.29, 1.82) is 0 Å². The first-order valence-electron chi connectivity index (χ1n) is 10.5. The van der Waals surface area contributed by atoms with Crippen molar-refractivity contribution < 1.29 is 14.3 Å². The molecule has 0 radical (unpaired) electrons. The molecule has 1 amide bonds. The van der Waals surface area contributed by atoms with E-state index in [-0.39, 0.29) is 5.91 Å². The van der Waals surface area contributed by atoms with Gasteiger partial charge in [0.05, 0.1) is 6.61 Å². The summed E-state index contributed by atoms with van der Waals surface area (Å²) in [7, 11) is 5.08. The number of methoxy groups -OCH3 is 1. The summed E-state index contributed by atoms with van der Waals surface area (Å²) >= 11 is 0. The minimum atomic E-state index is -0.0781. The Kier molecular flexibility index (Phi) is 10.4. The SMILES string of the molecule is CN=C(NCCc1cccc(C(=O)NC)c1)NCc1ccc(C)cc1OCCCOC. The molecule has 3 N–H and O–H groups in total. The van der Waals surface area contributed by atoms with Gasteiger partial charge < -0.3 is 25.4 Å². The van der Waals surface area contributed by atoms with E-state index in [0.29, 0.717) is 37.8 Å². The second-order valence-corrected chi connectivity index (χ2v) is 7.19.